The summed E-state index contributed by atoms with van der Waals surface area (Å²) >= 11 is 0. The van der Waals surface area contributed by atoms with Crippen molar-refractivity contribution >= 4 is 10.2 Å². The van der Waals surface area contributed by atoms with Crippen LogP contribution in [0.5, 0.6) is 0 Å². The van der Waals surface area contributed by atoms with Gasteiger partial charge in [0, 0.05) is 32.7 Å². The van der Waals surface area contributed by atoms with E-state index in [1.165, 1.54) is 4.31 Å². The van der Waals surface area contributed by atoms with Crippen molar-refractivity contribution in [3.63, 3.8) is 0 Å². The van der Waals surface area contributed by atoms with Crippen LogP contribution in [0.4, 0.5) is 0 Å². The van der Waals surface area contributed by atoms with Gasteiger partial charge >= 0.3 is 0 Å². The fourth-order valence-corrected chi connectivity index (χ4v) is 4.36. The molecule has 0 bridgehead atoms. The number of hydrogen-bond donors (Lipinski definition) is 1. The van der Waals surface area contributed by atoms with Gasteiger partial charge in [0.15, 0.2) is 0 Å². The van der Waals surface area contributed by atoms with Gasteiger partial charge in [-0.3, -0.25) is 0 Å². The minimum atomic E-state index is -3.36. The second-order valence-corrected chi connectivity index (χ2v) is 7.23. The molecular weight excluding hydrogens is 254 g/mol. The van der Waals surface area contributed by atoms with Crippen molar-refractivity contribution in [1.29, 1.82) is 0 Å². The molecule has 1 N–H and O–H groups in total. The highest BCUT2D eigenvalue weighted by molar-refractivity contribution is 7.86. The third-order valence-corrected chi connectivity index (χ3v) is 5.60. The van der Waals surface area contributed by atoms with Crippen molar-refractivity contribution in [1.82, 2.24) is 13.9 Å². The highest BCUT2D eigenvalue weighted by Crippen LogP contribution is 2.19. The summed E-state index contributed by atoms with van der Waals surface area (Å²) in [5.41, 5.74) is 0. The van der Waals surface area contributed by atoms with E-state index < -0.39 is 10.2 Å². The Morgan fingerprint density at radius 2 is 1.89 bits per heavy atom. The second kappa shape index (κ2) is 5.42. The molecule has 0 spiro atoms. The number of nitrogens with one attached hydrogen (secondary N) is 1. The third kappa shape index (κ3) is 2.85. The van der Waals surface area contributed by atoms with Crippen molar-refractivity contribution < 1.29 is 13.2 Å². The van der Waals surface area contributed by atoms with E-state index in [2.05, 4.69) is 5.32 Å². The standard InChI is InChI=1S/C11H23N3O3S/c1-9-7-14(8-10(2)17-9)18(15,16)13(3)11-4-5-12-6-11/h9-12H,4-8H2,1-3H3/t9-,10+,11-/m1/s1. The van der Waals surface area contributed by atoms with E-state index in [9.17, 15) is 8.42 Å². The summed E-state index contributed by atoms with van der Waals surface area (Å²) in [4.78, 5) is 0. The molecule has 6 nitrogen and oxygen atoms in total. The maximum absolute atomic E-state index is 12.5. The average molecular weight is 277 g/mol. The zero-order chi connectivity index (χ0) is 13.3. The SMILES string of the molecule is C[C@@H]1CN(S(=O)(=O)N(C)[C@@H]2CCNC2)C[C@H](C)O1. The molecule has 7 heteroatoms. The summed E-state index contributed by atoms with van der Waals surface area (Å²) in [7, 11) is -1.69. The van der Waals surface area contributed by atoms with Crippen LogP contribution in [0.3, 0.4) is 0 Å². The fourth-order valence-electron chi connectivity index (χ4n) is 2.64. The Labute approximate surface area is 109 Å². The van der Waals surface area contributed by atoms with Crippen LogP contribution in [-0.2, 0) is 14.9 Å². The normalized spacial score (nSPS) is 35.2. The van der Waals surface area contributed by atoms with E-state index in [-0.39, 0.29) is 18.2 Å². The molecule has 0 aromatic rings. The van der Waals surface area contributed by atoms with Crippen LogP contribution in [0, 0.1) is 0 Å². The van der Waals surface area contributed by atoms with Gasteiger partial charge in [-0.15, -0.1) is 0 Å². The number of likely N-dealkylation sites (N-methyl/N-ethyl adjacent to an activating group) is 1. The van der Waals surface area contributed by atoms with Crippen LogP contribution in [0.1, 0.15) is 20.3 Å². The van der Waals surface area contributed by atoms with E-state index in [4.69, 9.17) is 4.74 Å². The monoisotopic (exact) mass is 277 g/mol. The lowest BCUT2D eigenvalue weighted by molar-refractivity contribution is -0.0455. The lowest BCUT2D eigenvalue weighted by atomic mass is 10.3. The van der Waals surface area contributed by atoms with Gasteiger partial charge in [-0.1, -0.05) is 0 Å². The van der Waals surface area contributed by atoms with Gasteiger partial charge in [0.1, 0.15) is 0 Å². The fraction of sp³-hybridized carbons (Fsp3) is 1.00. The van der Waals surface area contributed by atoms with Gasteiger partial charge in [-0.2, -0.15) is 17.0 Å². The molecule has 18 heavy (non-hydrogen) atoms. The van der Waals surface area contributed by atoms with Crippen LogP contribution < -0.4 is 5.32 Å². The summed E-state index contributed by atoms with van der Waals surface area (Å²) in [6.07, 6.45) is 0.794. The summed E-state index contributed by atoms with van der Waals surface area (Å²) in [6.45, 7) is 6.34. The third-order valence-electron chi connectivity index (χ3n) is 3.62. The molecule has 106 valence electrons. The minimum absolute atomic E-state index is 0.0429. The molecule has 0 aromatic heterocycles. The first-order valence-electron chi connectivity index (χ1n) is 6.50. The Hall–Kier alpha value is -0.210. The van der Waals surface area contributed by atoms with Crippen LogP contribution >= 0.6 is 0 Å². The van der Waals surface area contributed by atoms with Gasteiger partial charge in [0.05, 0.1) is 12.2 Å². The molecule has 0 aromatic carbocycles. The van der Waals surface area contributed by atoms with E-state index in [0.717, 1.165) is 19.5 Å². The lowest BCUT2D eigenvalue weighted by Gasteiger charge is -2.37. The Morgan fingerprint density at radius 3 is 2.39 bits per heavy atom. The largest absolute Gasteiger partial charge is 0.373 e. The van der Waals surface area contributed by atoms with Crippen molar-refractivity contribution in [2.45, 2.75) is 38.5 Å². The zero-order valence-electron chi connectivity index (χ0n) is 11.3. The maximum Gasteiger partial charge on any atom is 0.282 e. The number of morpholine rings is 1. The molecule has 0 unspecified atom stereocenters. The molecular formula is C11H23N3O3S. The van der Waals surface area contributed by atoms with Crippen LogP contribution in [-0.4, -0.2) is 68.5 Å². The highest BCUT2D eigenvalue weighted by Gasteiger charge is 2.37. The molecule has 2 heterocycles. The molecule has 2 fully saturated rings. The molecule has 2 rings (SSSR count). The molecule has 2 aliphatic rings. The highest BCUT2D eigenvalue weighted by atomic mass is 32.2. The summed E-state index contributed by atoms with van der Waals surface area (Å²) in [5, 5.41) is 3.20. The number of hydrogen-bond acceptors (Lipinski definition) is 4. The van der Waals surface area contributed by atoms with E-state index in [1.807, 2.05) is 13.8 Å². The predicted molar refractivity (Wildman–Crippen MR) is 69.5 cm³/mol. The number of rotatable bonds is 3. The smallest absolute Gasteiger partial charge is 0.282 e. The van der Waals surface area contributed by atoms with Crippen LogP contribution in [0.15, 0.2) is 0 Å². The van der Waals surface area contributed by atoms with Crippen molar-refractivity contribution in [2.75, 3.05) is 33.2 Å². The molecule has 0 saturated carbocycles. The zero-order valence-corrected chi connectivity index (χ0v) is 12.1. The number of ether oxygens (including phenoxy) is 1. The molecule has 2 saturated heterocycles. The van der Waals surface area contributed by atoms with E-state index >= 15 is 0 Å². The Bertz CT molecular complexity index is 371. The van der Waals surface area contributed by atoms with Gasteiger partial charge in [-0.05, 0) is 26.8 Å². The molecule has 0 amide bonds. The quantitative estimate of drug-likeness (QED) is 0.765. The number of nitrogens with zero attached hydrogens (tertiary/aromatic N) is 2. The first-order valence-corrected chi connectivity index (χ1v) is 7.90. The van der Waals surface area contributed by atoms with Gasteiger partial charge < -0.3 is 10.1 Å². The van der Waals surface area contributed by atoms with Gasteiger partial charge in [-0.25, -0.2) is 0 Å². The van der Waals surface area contributed by atoms with Crippen molar-refractivity contribution in [3.8, 4) is 0 Å². The molecule has 0 radical (unpaired) electrons. The molecule has 3 atom stereocenters. The lowest BCUT2D eigenvalue weighted by Crippen LogP contribution is -2.54. The van der Waals surface area contributed by atoms with Crippen LogP contribution in [0.2, 0.25) is 0 Å². The Morgan fingerprint density at radius 1 is 1.28 bits per heavy atom. The summed E-state index contributed by atoms with van der Waals surface area (Å²) in [6, 6.07) is 0.0726. The topological polar surface area (TPSA) is 61.9 Å². The summed E-state index contributed by atoms with van der Waals surface area (Å²) in [5.74, 6) is 0. The first-order chi connectivity index (χ1) is 8.41. The van der Waals surface area contributed by atoms with Gasteiger partial charge in [0.25, 0.3) is 10.2 Å². The summed E-state index contributed by atoms with van der Waals surface area (Å²) < 4.78 is 33.7. The maximum atomic E-state index is 12.5. The van der Waals surface area contributed by atoms with Crippen molar-refractivity contribution in [3.05, 3.63) is 0 Å². The van der Waals surface area contributed by atoms with E-state index in [1.54, 1.807) is 11.4 Å². The molecule has 2 aliphatic heterocycles. The van der Waals surface area contributed by atoms with Crippen molar-refractivity contribution in [2.24, 2.45) is 0 Å². The first kappa shape index (κ1) is 14.2. The Balaban J connectivity index is 2.09. The average Bonchev–Trinajstić information content (AvgIpc) is 2.79. The Kier molecular flexibility index (Phi) is 4.28. The predicted octanol–water partition coefficient (Wildman–Crippen LogP) is -0.366. The van der Waals surface area contributed by atoms with Crippen LogP contribution in [0.25, 0.3) is 0 Å². The second-order valence-electron chi connectivity index (χ2n) is 5.24. The minimum Gasteiger partial charge on any atom is -0.373 e. The molecule has 0 aliphatic carbocycles. The van der Waals surface area contributed by atoms with Gasteiger partial charge in [0.2, 0.25) is 0 Å². The van der Waals surface area contributed by atoms with E-state index in [0.29, 0.717) is 13.1 Å².